The molecule has 11 aromatic carbocycles. The number of para-hydroxylation sites is 2. The molecule has 0 N–H and O–H groups in total. The van der Waals surface area contributed by atoms with Crippen LogP contribution in [0.5, 0.6) is 0 Å². The second kappa shape index (κ2) is 14.1. The maximum atomic E-state index is 7.00. The third-order valence-corrected chi connectivity index (χ3v) is 18.8. The zero-order valence-electron chi connectivity index (χ0n) is 38.7. The van der Waals surface area contributed by atoms with Crippen molar-refractivity contribution in [3.63, 3.8) is 0 Å². The van der Waals surface area contributed by atoms with Gasteiger partial charge in [0.15, 0.2) is 5.58 Å². The van der Waals surface area contributed by atoms with Gasteiger partial charge in [-0.15, -0.1) is 11.3 Å². The Bertz CT molecular complexity index is 4420. The van der Waals surface area contributed by atoms with E-state index in [2.05, 4.69) is 241 Å². The first kappa shape index (κ1) is 39.3. The van der Waals surface area contributed by atoms with Crippen LogP contribution in [0.4, 0.5) is 17.1 Å². The number of thiophene rings is 1. The molecule has 0 bridgehead atoms. The molecule has 3 heterocycles. The topological polar surface area (TPSA) is 16.4 Å². The lowest BCUT2D eigenvalue weighted by atomic mass is 9.67. The highest BCUT2D eigenvalue weighted by molar-refractivity contribution is 7.99. The Labute approximate surface area is 424 Å². The lowest BCUT2D eigenvalue weighted by Gasteiger charge is -2.39. The van der Waals surface area contributed by atoms with Gasteiger partial charge in [0.25, 0.3) is 0 Å². The molecule has 2 aromatic heterocycles. The van der Waals surface area contributed by atoms with Gasteiger partial charge in [0, 0.05) is 46.4 Å². The van der Waals surface area contributed by atoms with Gasteiger partial charge in [-0.1, -0.05) is 188 Å². The Balaban J connectivity index is 0.964. The molecule has 334 valence electrons. The minimum absolute atomic E-state index is 0.448. The summed E-state index contributed by atoms with van der Waals surface area (Å²) >= 11 is 3.80. The number of furan rings is 1. The maximum Gasteiger partial charge on any atom is 0.159 e. The summed E-state index contributed by atoms with van der Waals surface area (Å²) < 4.78 is 9.53. The molecule has 72 heavy (non-hydrogen) atoms. The number of hydrogen-bond acceptors (Lipinski definition) is 4. The van der Waals surface area contributed by atoms with E-state index in [9.17, 15) is 0 Å². The number of benzene rings is 11. The highest BCUT2D eigenvalue weighted by Crippen LogP contribution is 2.65. The summed E-state index contributed by atoms with van der Waals surface area (Å²) in [7, 11) is 0. The molecule has 13 aromatic rings. The van der Waals surface area contributed by atoms with E-state index in [1.165, 1.54) is 108 Å². The number of hydrogen-bond donors (Lipinski definition) is 0. The summed E-state index contributed by atoms with van der Waals surface area (Å²) in [5.74, 6) is 0. The van der Waals surface area contributed by atoms with E-state index < -0.39 is 10.8 Å². The first-order valence-corrected chi connectivity index (χ1v) is 26.5. The van der Waals surface area contributed by atoms with E-state index >= 15 is 0 Å². The standard InChI is InChI=1S/C68H39NOS2/c1-6-23-50-41(17-1)42-18-2-7-24-51(42)67(50)52-25-8-3-19-43(52)45-36-35-40(37-56(45)67)69(59-30-15-22-47-46-21-5-12-31-60(46)70-66(47)59)58-29-16-34-63-65(58)49-38-48-44-20-4-9-26-53(44)68(57(48)39-64(49)72-63)54-27-10-13-32-61(54)71-62-33-14-11-28-55(62)68/h1-39H. The fourth-order valence-electron chi connectivity index (χ4n) is 13.9. The largest absolute Gasteiger partial charge is 0.454 e. The Morgan fingerprint density at radius 1 is 0.333 bits per heavy atom. The fourth-order valence-corrected chi connectivity index (χ4v) is 16.2. The second-order valence-electron chi connectivity index (χ2n) is 19.7. The Kier molecular flexibility index (Phi) is 7.72. The van der Waals surface area contributed by atoms with E-state index in [1.54, 1.807) is 0 Å². The summed E-state index contributed by atoms with van der Waals surface area (Å²) in [6, 6.07) is 89.0. The summed E-state index contributed by atoms with van der Waals surface area (Å²) in [6.07, 6.45) is 0. The molecule has 3 aliphatic carbocycles. The molecule has 4 aliphatic rings. The molecule has 0 radical (unpaired) electrons. The molecular formula is C68H39NOS2. The van der Waals surface area contributed by atoms with Gasteiger partial charge in [0.1, 0.15) is 5.58 Å². The lowest BCUT2D eigenvalue weighted by Crippen LogP contribution is -2.31. The normalized spacial score (nSPS) is 14.6. The summed E-state index contributed by atoms with van der Waals surface area (Å²) in [4.78, 5) is 5.14. The van der Waals surface area contributed by atoms with Crippen molar-refractivity contribution in [2.75, 3.05) is 4.90 Å². The van der Waals surface area contributed by atoms with Crippen molar-refractivity contribution in [3.8, 4) is 33.4 Å². The molecule has 0 amide bonds. The van der Waals surface area contributed by atoms with Crippen molar-refractivity contribution >= 4 is 82.3 Å². The minimum atomic E-state index is -0.494. The van der Waals surface area contributed by atoms with Crippen LogP contribution in [0.2, 0.25) is 0 Å². The van der Waals surface area contributed by atoms with Crippen LogP contribution in [-0.4, -0.2) is 0 Å². The zero-order valence-corrected chi connectivity index (χ0v) is 40.3. The van der Waals surface area contributed by atoms with Crippen LogP contribution in [0.1, 0.15) is 44.5 Å². The van der Waals surface area contributed by atoms with Gasteiger partial charge in [0.05, 0.1) is 22.2 Å². The van der Waals surface area contributed by atoms with E-state index in [-0.39, 0.29) is 0 Å². The Hall–Kier alpha value is -8.41. The van der Waals surface area contributed by atoms with Crippen LogP contribution in [0.15, 0.2) is 251 Å². The van der Waals surface area contributed by atoms with E-state index in [0.29, 0.717) is 0 Å². The van der Waals surface area contributed by atoms with E-state index in [4.69, 9.17) is 4.42 Å². The van der Waals surface area contributed by atoms with Crippen molar-refractivity contribution < 1.29 is 4.42 Å². The van der Waals surface area contributed by atoms with E-state index in [0.717, 1.165) is 39.0 Å². The van der Waals surface area contributed by atoms with Crippen LogP contribution >= 0.6 is 23.1 Å². The summed E-state index contributed by atoms with van der Waals surface area (Å²) in [5.41, 5.74) is 22.5. The van der Waals surface area contributed by atoms with Gasteiger partial charge < -0.3 is 9.32 Å². The number of fused-ring (bicyclic) bond motifs is 25. The van der Waals surface area contributed by atoms with Crippen molar-refractivity contribution in [2.45, 2.75) is 20.6 Å². The first-order chi connectivity index (χ1) is 35.7. The highest BCUT2D eigenvalue weighted by atomic mass is 32.2. The predicted molar refractivity (Wildman–Crippen MR) is 299 cm³/mol. The molecule has 0 saturated carbocycles. The second-order valence-corrected chi connectivity index (χ2v) is 21.9. The predicted octanol–water partition coefficient (Wildman–Crippen LogP) is 18.6. The number of anilines is 3. The molecule has 1 aliphatic heterocycles. The summed E-state index contributed by atoms with van der Waals surface area (Å²) in [6.45, 7) is 0. The highest BCUT2D eigenvalue weighted by Gasteiger charge is 2.53. The van der Waals surface area contributed by atoms with E-state index in [1.807, 2.05) is 23.1 Å². The average Bonchev–Trinajstić information content (AvgIpc) is 4.23. The average molecular weight is 950 g/mol. The third-order valence-electron chi connectivity index (χ3n) is 16.5. The van der Waals surface area contributed by atoms with Gasteiger partial charge in [-0.2, -0.15) is 0 Å². The summed E-state index contributed by atoms with van der Waals surface area (Å²) in [5, 5.41) is 4.71. The molecule has 2 spiro atoms. The van der Waals surface area contributed by atoms with Crippen molar-refractivity contribution in [3.05, 3.63) is 281 Å². The molecule has 2 nitrogen and oxygen atoms in total. The number of rotatable bonds is 3. The lowest BCUT2D eigenvalue weighted by molar-refractivity contribution is 0.669. The molecule has 0 saturated heterocycles. The molecular weight excluding hydrogens is 911 g/mol. The maximum absolute atomic E-state index is 7.00. The first-order valence-electron chi connectivity index (χ1n) is 24.8. The zero-order chi connectivity index (χ0) is 46.9. The van der Waals surface area contributed by atoms with Crippen molar-refractivity contribution in [2.24, 2.45) is 0 Å². The van der Waals surface area contributed by atoms with Gasteiger partial charge in [-0.25, -0.2) is 0 Å². The number of nitrogens with zero attached hydrogens (tertiary/aromatic N) is 1. The quantitative estimate of drug-likeness (QED) is 0.176. The van der Waals surface area contributed by atoms with Gasteiger partial charge in [-0.3, -0.25) is 0 Å². The van der Waals surface area contributed by atoms with Crippen LogP contribution in [0.25, 0.3) is 75.5 Å². The fraction of sp³-hybridized carbons (Fsp3) is 0.0294. The SMILES string of the molecule is c1ccc2c(c1)Sc1ccccc1C21c2ccccc2-c2cc3c(cc21)sc1cccc(N(c2ccc4c(c2)C2(c5ccccc5-c5ccccc52)c2ccccc2-4)c2cccc4c2oc2ccccc24)c13. The molecule has 4 heteroatoms. The van der Waals surface area contributed by atoms with Gasteiger partial charge >= 0.3 is 0 Å². The molecule has 17 rings (SSSR count). The van der Waals surface area contributed by atoms with Gasteiger partial charge in [-0.05, 0) is 139 Å². The smallest absolute Gasteiger partial charge is 0.159 e. The van der Waals surface area contributed by atoms with Crippen LogP contribution in [-0.2, 0) is 10.8 Å². The van der Waals surface area contributed by atoms with Crippen molar-refractivity contribution in [1.29, 1.82) is 0 Å². The molecule has 0 atom stereocenters. The van der Waals surface area contributed by atoms with Gasteiger partial charge in [0.2, 0.25) is 0 Å². The monoisotopic (exact) mass is 949 g/mol. The van der Waals surface area contributed by atoms with Crippen LogP contribution in [0.3, 0.4) is 0 Å². The molecule has 0 fully saturated rings. The Morgan fingerprint density at radius 3 is 1.50 bits per heavy atom. The Morgan fingerprint density at radius 2 is 0.833 bits per heavy atom. The minimum Gasteiger partial charge on any atom is -0.454 e. The van der Waals surface area contributed by atoms with Crippen LogP contribution < -0.4 is 4.90 Å². The van der Waals surface area contributed by atoms with Crippen LogP contribution in [0, 0.1) is 0 Å². The molecule has 0 unspecified atom stereocenters. The third kappa shape index (κ3) is 4.78. The van der Waals surface area contributed by atoms with Crippen molar-refractivity contribution in [1.82, 2.24) is 0 Å².